The summed E-state index contributed by atoms with van der Waals surface area (Å²) in [5.41, 5.74) is 0.444. The van der Waals surface area contributed by atoms with Crippen LogP contribution in [0.5, 0.6) is 0 Å². The Morgan fingerprint density at radius 2 is 2.06 bits per heavy atom. The molecule has 88 valence electrons. The molecule has 1 N–H and O–H groups in total. The van der Waals surface area contributed by atoms with Crippen molar-refractivity contribution in [2.75, 3.05) is 0 Å². The first-order valence-electron chi connectivity index (χ1n) is 5.04. The van der Waals surface area contributed by atoms with Crippen molar-refractivity contribution in [1.29, 1.82) is 0 Å². The van der Waals surface area contributed by atoms with E-state index in [-0.39, 0.29) is 12.0 Å². The van der Waals surface area contributed by atoms with Crippen molar-refractivity contribution < 1.29 is 13.9 Å². The highest BCUT2D eigenvalue weighted by molar-refractivity contribution is 5.20. The number of hydrogen-bond donors (Lipinski definition) is 1. The van der Waals surface area contributed by atoms with Crippen LogP contribution in [-0.4, -0.2) is 15.1 Å². The van der Waals surface area contributed by atoms with E-state index in [0.29, 0.717) is 5.69 Å². The van der Waals surface area contributed by atoms with E-state index in [9.17, 15) is 13.9 Å². The first-order valence-corrected chi connectivity index (χ1v) is 5.04. The van der Waals surface area contributed by atoms with Gasteiger partial charge in [-0.3, -0.25) is 9.97 Å². The zero-order chi connectivity index (χ0) is 12.3. The first kappa shape index (κ1) is 11.6. The average molecular weight is 236 g/mol. The summed E-state index contributed by atoms with van der Waals surface area (Å²) in [6.07, 6.45) is 3.25. The zero-order valence-electron chi connectivity index (χ0n) is 8.85. The van der Waals surface area contributed by atoms with Gasteiger partial charge in [-0.15, -0.1) is 0 Å². The summed E-state index contributed by atoms with van der Waals surface area (Å²) in [6.45, 7) is 0. The molecule has 0 aliphatic heterocycles. The van der Waals surface area contributed by atoms with Gasteiger partial charge in [0.25, 0.3) is 0 Å². The number of benzene rings is 1. The van der Waals surface area contributed by atoms with Crippen LogP contribution in [0.2, 0.25) is 0 Å². The molecule has 1 heterocycles. The monoisotopic (exact) mass is 236 g/mol. The molecule has 17 heavy (non-hydrogen) atoms. The van der Waals surface area contributed by atoms with E-state index >= 15 is 0 Å². The summed E-state index contributed by atoms with van der Waals surface area (Å²) in [4.78, 5) is 7.70. The molecule has 0 aliphatic rings. The molecule has 0 saturated heterocycles. The van der Waals surface area contributed by atoms with Gasteiger partial charge in [0.15, 0.2) is 0 Å². The summed E-state index contributed by atoms with van der Waals surface area (Å²) in [7, 11) is 0. The van der Waals surface area contributed by atoms with Crippen LogP contribution in [0.4, 0.5) is 8.78 Å². The van der Waals surface area contributed by atoms with Crippen LogP contribution >= 0.6 is 0 Å². The maximum Gasteiger partial charge on any atom is 0.126 e. The maximum atomic E-state index is 13.3. The number of hydrogen-bond acceptors (Lipinski definition) is 3. The maximum absolute atomic E-state index is 13.3. The number of halogens is 2. The van der Waals surface area contributed by atoms with Crippen LogP contribution in [0.3, 0.4) is 0 Å². The molecule has 0 spiro atoms. The molecular formula is C12H10F2N2O. The van der Waals surface area contributed by atoms with Gasteiger partial charge in [-0.2, -0.15) is 0 Å². The van der Waals surface area contributed by atoms with Gasteiger partial charge >= 0.3 is 0 Å². The molecule has 5 heteroatoms. The minimum Gasteiger partial charge on any atom is -0.386 e. The lowest BCUT2D eigenvalue weighted by Gasteiger charge is -2.10. The average Bonchev–Trinajstić information content (AvgIpc) is 2.35. The Hall–Kier alpha value is -1.88. The van der Waals surface area contributed by atoms with E-state index in [1.54, 1.807) is 0 Å². The van der Waals surface area contributed by atoms with Crippen molar-refractivity contribution in [1.82, 2.24) is 9.97 Å². The summed E-state index contributed by atoms with van der Waals surface area (Å²) >= 11 is 0. The number of aliphatic hydroxyl groups excluding tert-OH is 1. The summed E-state index contributed by atoms with van der Waals surface area (Å²) < 4.78 is 26.3. The number of nitrogens with zero attached hydrogens (tertiary/aromatic N) is 2. The highest BCUT2D eigenvalue weighted by Crippen LogP contribution is 2.18. The summed E-state index contributed by atoms with van der Waals surface area (Å²) in [6, 6.07) is 3.14. The second-order valence-electron chi connectivity index (χ2n) is 3.59. The van der Waals surface area contributed by atoms with Gasteiger partial charge in [-0.25, -0.2) is 8.78 Å². The van der Waals surface area contributed by atoms with E-state index in [0.717, 1.165) is 18.2 Å². The highest BCUT2D eigenvalue weighted by atomic mass is 19.1. The van der Waals surface area contributed by atoms with Gasteiger partial charge in [0, 0.05) is 18.8 Å². The predicted molar refractivity (Wildman–Crippen MR) is 57.1 cm³/mol. The quantitative estimate of drug-likeness (QED) is 0.886. The SMILES string of the molecule is OC(Cc1cc(F)ccc1F)c1cnccn1. The van der Waals surface area contributed by atoms with Crippen molar-refractivity contribution >= 4 is 0 Å². The molecule has 2 aromatic rings. The molecule has 1 aromatic carbocycles. The molecule has 0 aliphatic carbocycles. The predicted octanol–water partition coefficient (Wildman–Crippen LogP) is 2.03. The Morgan fingerprint density at radius 1 is 1.24 bits per heavy atom. The molecule has 2 rings (SSSR count). The summed E-state index contributed by atoms with van der Waals surface area (Å²) in [5.74, 6) is -1.08. The molecular weight excluding hydrogens is 226 g/mol. The minimum atomic E-state index is -1.00. The number of aromatic nitrogens is 2. The van der Waals surface area contributed by atoms with Crippen LogP contribution in [0.1, 0.15) is 17.4 Å². The van der Waals surface area contributed by atoms with Crippen molar-refractivity contribution in [3.63, 3.8) is 0 Å². The van der Waals surface area contributed by atoms with Crippen molar-refractivity contribution in [2.45, 2.75) is 12.5 Å². The van der Waals surface area contributed by atoms with E-state index in [2.05, 4.69) is 9.97 Å². The second-order valence-corrected chi connectivity index (χ2v) is 3.59. The fourth-order valence-corrected chi connectivity index (χ4v) is 1.50. The highest BCUT2D eigenvalue weighted by Gasteiger charge is 2.13. The van der Waals surface area contributed by atoms with E-state index in [1.165, 1.54) is 18.6 Å². The van der Waals surface area contributed by atoms with Crippen LogP contribution in [0.25, 0.3) is 0 Å². The molecule has 0 bridgehead atoms. The van der Waals surface area contributed by atoms with Gasteiger partial charge in [-0.1, -0.05) is 0 Å². The minimum absolute atomic E-state index is 0.0394. The topological polar surface area (TPSA) is 46.0 Å². The van der Waals surface area contributed by atoms with Gasteiger partial charge < -0.3 is 5.11 Å². The van der Waals surface area contributed by atoms with E-state index < -0.39 is 17.7 Å². The fraction of sp³-hybridized carbons (Fsp3) is 0.167. The fourth-order valence-electron chi connectivity index (χ4n) is 1.50. The third-order valence-corrected chi connectivity index (χ3v) is 2.35. The molecule has 1 unspecified atom stereocenters. The van der Waals surface area contributed by atoms with Crippen LogP contribution in [0, 0.1) is 11.6 Å². The van der Waals surface area contributed by atoms with Gasteiger partial charge in [-0.05, 0) is 23.8 Å². The molecule has 1 aromatic heterocycles. The molecule has 0 saturated carbocycles. The van der Waals surface area contributed by atoms with Crippen LogP contribution < -0.4 is 0 Å². The van der Waals surface area contributed by atoms with Gasteiger partial charge in [0.2, 0.25) is 0 Å². The number of aliphatic hydroxyl groups is 1. The standard InChI is InChI=1S/C12H10F2N2O/c13-9-1-2-10(14)8(5-9)6-12(17)11-7-15-3-4-16-11/h1-5,7,12,17H,6H2. The molecule has 0 amide bonds. The largest absolute Gasteiger partial charge is 0.386 e. The summed E-state index contributed by atoms with van der Waals surface area (Å²) in [5, 5.41) is 9.80. The van der Waals surface area contributed by atoms with Crippen molar-refractivity contribution in [3.8, 4) is 0 Å². The molecule has 0 fully saturated rings. The lowest BCUT2D eigenvalue weighted by molar-refractivity contribution is 0.171. The molecule has 3 nitrogen and oxygen atoms in total. The Balaban J connectivity index is 2.18. The lowest BCUT2D eigenvalue weighted by Crippen LogP contribution is -2.06. The Labute approximate surface area is 96.8 Å². The Morgan fingerprint density at radius 3 is 2.76 bits per heavy atom. The molecule has 1 atom stereocenters. The normalized spacial score (nSPS) is 12.4. The Bertz CT molecular complexity index is 505. The van der Waals surface area contributed by atoms with Gasteiger partial charge in [0.1, 0.15) is 17.7 Å². The first-order chi connectivity index (χ1) is 8.16. The van der Waals surface area contributed by atoms with Crippen LogP contribution in [-0.2, 0) is 6.42 Å². The second kappa shape index (κ2) is 4.97. The molecule has 0 radical (unpaired) electrons. The van der Waals surface area contributed by atoms with Crippen molar-refractivity contribution in [3.05, 3.63) is 59.7 Å². The van der Waals surface area contributed by atoms with Crippen LogP contribution in [0.15, 0.2) is 36.8 Å². The van der Waals surface area contributed by atoms with E-state index in [1.807, 2.05) is 0 Å². The third-order valence-electron chi connectivity index (χ3n) is 2.35. The zero-order valence-corrected chi connectivity index (χ0v) is 8.85. The smallest absolute Gasteiger partial charge is 0.126 e. The van der Waals surface area contributed by atoms with Crippen molar-refractivity contribution in [2.24, 2.45) is 0 Å². The number of rotatable bonds is 3. The third kappa shape index (κ3) is 2.82. The van der Waals surface area contributed by atoms with E-state index in [4.69, 9.17) is 0 Å². The Kier molecular flexibility index (Phi) is 3.39. The van der Waals surface area contributed by atoms with Gasteiger partial charge in [0.05, 0.1) is 11.9 Å². The lowest BCUT2D eigenvalue weighted by atomic mass is 10.1.